The SMILES string of the molecule is O=C(CC(O)C(=O)O)OC[C@@H](O)[C@@H](O)[C@H](O)[C@H](O)CO. The molecule has 0 radical (unpaired) electrons. The normalized spacial score (nSPS) is 18.7. The van der Waals surface area contributed by atoms with Gasteiger partial charge in [-0.1, -0.05) is 0 Å². The molecule has 118 valence electrons. The fraction of sp³-hybridized carbons (Fsp3) is 0.800. The number of carbonyl (C=O) groups is 2. The third kappa shape index (κ3) is 6.23. The molecule has 0 aliphatic carbocycles. The first-order valence-electron chi connectivity index (χ1n) is 5.60. The standard InChI is InChI=1S/C10H18O10/c11-2-5(13)8(16)9(17)6(14)3-20-7(15)1-4(12)10(18)19/h4-6,8-9,11-14,16-17H,1-3H2,(H,18,19)/t4?,5-,6-,8-,9-/m1/s1. The highest BCUT2D eigenvalue weighted by atomic mass is 16.5. The number of aliphatic hydroxyl groups is 6. The van der Waals surface area contributed by atoms with Crippen molar-refractivity contribution >= 4 is 11.9 Å². The first-order valence-corrected chi connectivity index (χ1v) is 5.60. The average molecular weight is 298 g/mol. The molecule has 5 atom stereocenters. The molecule has 0 aliphatic rings. The molecule has 0 amide bonds. The van der Waals surface area contributed by atoms with Crippen LogP contribution in [0.1, 0.15) is 6.42 Å². The molecule has 0 aromatic rings. The summed E-state index contributed by atoms with van der Waals surface area (Å²) in [5.41, 5.74) is 0. The molecule has 0 rings (SSSR count). The number of carboxylic acids is 1. The molecule has 20 heavy (non-hydrogen) atoms. The van der Waals surface area contributed by atoms with Gasteiger partial charge in [-0.05, 0) is 0 Å². The van der Waals surface area contributed by atoms with E-state index in [1.165, 1.54) is 0 Å². The summed E-state index contributed by atoms with van der Waals surface area (Å²) in [5, 5.41) is 62.7. The van der Waals surface area contributed by atoms with Crippen LogP contribution in [0.4, 0.5) is 0 Å². The van der Waals surface area contributed by atoms with Crippen molar-refractivity contribution in [2.75, 3.05) is 13.2 Å². The summed E-state index contributed by atoms with van der Waals surface area (Å²) in [6, 6.07) is 0. The maximum absolute atomic E-state index is 11.1. The van der Waals surface area contributed by atoms with E-state index in [0.717, 1.165) is 0 Å². The molecule has 0 fully saturated rings. The number of aliphatic hydroxyl groups excluding tert-OH is 6. The lowest BCUT2D eigenvalue weighted by molar-refractivity contribution is -0.162. The number of hydrogen-bond acceptors (Lipinski definition) is 9. The lowest BCUT2D eigenvalue weighted by Crippen LogP contribution is -2.47. The summed E-state index contributed by atoms with van der Waals surface area (Å²) in [6.45, 7) is -1.64. The Kier molecular flexibility index (Phi) is 8.22. The highest BCUT2D eigenvalue weighted by Crippen LogP contribution is 2.06. The van der Waals surface area contributed by atoms with E-state index in [2.05, 4.69) is 4.74 Å². The summed E-state index contributed by atoms with van der Waals surface area (Å²) in [7, 11) is 0. The summed E-state index contributed by atoms with van der Waals surface area (Å²) < 4.78 is 4.38. The number of carbonyl (C=O) groups excluding carboxylic acids is 1. The van der Waals surface area contributed by atoms with E-state index in [1.807, 2.05) is 0 Å². The molecule has 10 nitrogen and oxygen atoms in total. The summed E-state index contributed by atoms with van der Waals surface area (Å²) in [6.07, 6.45) is -10.0. The Hall–Kier alpha value is -1.30. The second kappa shape index (κ2) is 8.79. The number of ether oxygens (including phenoxy) is 1. The van der Waals surface area contributed by atoms with Crippen LogP contribution in [0.3, 0.4) is 0 Å². The van der Waals surface area contributed by atoms with Gasteiger partial charge in [0, 0.05) is 0 Å². The highest BCUT2D eigenvalue weighted by molar-refractivity contribution is 5.80. The van der Waals surface area contributed by atoms with E-state index < -0.39 is 62.1 Å². The smallest absolute Gasteiger partial charge is 0.333 e. The lowest BCUT2D eigenvalue weighted by atomic mass is 10.0. The van der Waals surface area contributed by atoms with Gasteiger partial charge in [-0.25, -0.2) is 4.79 Å². The number of carboxylic acid groups (broad SMARTS) is 1. The van der Waals surface area contributed by atoms with Crippen LogP contribution in [0.2, 0.25) is 0 Å². The number of hydrogen-bond donors (Lipinski definition) is 7. The molecular weight excluding hydrogens is 280 g/mol. The second-order valence-electron chi connectivity index (χ2n) is 4.04. The third-order valence-electron chi connectivity index (χ3n) is 2.39. The molecule has 0 saturated heterocycles. The summed E-state index contributed by atoms with van der Waals surface area (Å²) >= 11 is 0. The molecule has 1 unspecified atom stereocenters. The third-order valence-corrected chi connectivity index (χ3v) is 2.39. The average Bonchev–Trinajstić information content (AvgIpc) is 2.41. The Morgan fingerprint density at radius 3 is 1.90 bits per heavy atom. The van der Waals surface area contributed by atoms with E-state index in [-0.39, 0.29) is 0 Å². The van der Waals surface area contributed by atoms with Gasteiger partial charge in [0.2, 0.25) is 0 Å². The Labute approximate surface area is 113 Å². The summed E-state index contributed by atoms with van der Waals surface area (Å²) in [4.78, 5) is 21.3. The van der Waals surface area contributed by atoms with Gasteiger partial charge in [-0.2, -0.15) is 0 Å². The maximum Gasteiger partial charge on any atom is 0.333 e. The predicted molar refractivity (Wildman–Crippen MR) is 60.3 cm³/mol. The van der Waals surface area contributed by atoms with E-state index in [9.17, 15) is 24.9 Å². The predicted octanol–water partition coefficient (Wildman–Crippen LogP) is -4.20. The van der Waals surface area contributed by atoms with Crippen LogP contribution in [0.15, 0.2) is 0 Å². The van der Waals surface area contributed by atoms with Gasteiger partial charge in [-0.3, -0.25) is 4.79 Å². The highest BCUT2D eigenvalue weighted by Gasteiger charge is 2.31. The molecule has 0 heterocycles. The molecule has 0 aromatic carbocycles. The molecule has 0 aliphatic heterocycles. The van der Waals surface area contributed by atoms with Crippen molar-refractivity contribution in [3.63, 3.8) is 0 Å². The molecule has 7 N–H and O–H groups in total. The first kappa shape index (κ1) is 18.7. The van der Waals surface area contributed by atoms with Gasteiger partial charge in [0.25, 0.3) is 0 Å². The Bertz CT molecular complexity index is 319. The van der Waals surface area contributed by atoms with E-state index in [0.29, 0.717) is 0 Å². The van der Waals surface area contributed by atoms with Crippen molar-refractivity contribution < 1.29 is 50.1 Å². The largest absolute Gasteiger partial charge is 0.479 e. The van der Waals surface area contributed by atoms with E-state index in [4.69, 9.17) is 20.4 Å². The zero-order valence-electron chi connectivity index (χ0n) is 10.4. The quantitative estimate of drug-likeness (QED) is 0.206. The topological polar surface area (TPSA) is 185 Å². The van der Waals surface area contributed by atoms with Crippen LogP contribution in [-0.4, -0.2) is 91.4 Å². The van der Waals surface area contributed by atoms with Crippen molar-refractivity contribution in [1.29, 1.82) is 0 Å². The minimum atomic E-state index is -1.95. The van der Waals surface area contributed by atoms with Gasteiger partial charge in [-0.15, -0.1) is 0 Å². The molecule has 0 spiro atoms. The fourth-order valence-electron chi connectivity index (χ4n) is 1.14. The first-order chi connectivity index (χ1) is 9.20. The maximum atomic E-state index is 11.1. The van der Waals surface area contributed by atoms with Gasteiger partial charge in [0.05, 0.1) is 13.0 Å². The molecular formula is C10H18O10. The van der Waals surface area contributed by atoms with Gasteiger partial charge in [0.15, 0.2) is 6.10 Å². The van der Waals surface area contributed by atoms with Crippen LogP contribution in [-0.2, 0) is 14.3 Å². The fourth-order valence-corrected chi connectivity index (χ4v) is 1.14. The van der Waals surface area contributed by atoms with Gasteiger partial charge < -0.3 is 40.5 Å². The summed E-state index contributed by atoms with van der Waals surface area (Å²) in [5.74, 6) is -2.76. The number of esters is 1. The van der Waals surface area contributed by atoms with Crippen LogP contribution < -0.4 is 0 Å². The van der Waals surface area contributed by atoms with Crippen molar-refractivity contribution in [1.82, 2.24) is 0 Å². The zero-order valence-corrected chi connectivity index (χ0v) is 10.4. The molecule has 10 heteroatoms. The Morgan fingerprint density at radius 1 is 0.950 bits per heavy atom. The Morgan fingerprint density at radius 2 is 1.45 bits per heavy atom. The van der Waals surface area contributed by atoms with Crippen molar-refractivity contribution in [3.8, 4) is 0 Å². The van der Waals surface area contributed by atoms with Crippen LogP contribution in [0.25, 0.3) is 0 Å². The van der Waals surface area contributed by atoms with Crippen LogP contribution in [0, 0.1) is 0 Å². The number of rotatable bonds is 9. The monoisotopic (exact) mass is 298 g/mol. The molecule has 0 bridgehead atoms. The number of aliphatic carboxylic acids is 1. The van der Waals surface area contributed by atoms with Gasteiger partial charge in [0.1, 0.15) is 31.0 Å². The van der Waals surface area contributed by atoms with Crippen LogP contribution in [0.5, 0.6) is 0 Å². The van der Waals surface area contributed by atoms with Crippen molar-refractivity contribution in [2.45, 2.75) is 36.9 Å². The lowest BCUT2D eigenvalue weighted by Gasteiger charge is -2.25. The van der Waals surface area contributed by atoms with E-state index >= 15 is 0 Å². The Balaban J connectivity index is 4.18. The zero-order chi connectivity index (χ0) is 15.9. The minimum Gasteiger partial charge on any atom is -0.479 e. The van der Waals surface area contributed by atoms with Crippen molar-refractivity contribution in [3.05, 3.63) is 0 Å². The van der Waals surface area contributed by atoms with Crippen molar-refractivity contribution in [2.24, 2.45) is 0 Å². The van der Waals surface area contributed by atoms with Crippen LogP contribution >= 0.6 is 0 Å². The van der Waals surface area contributed by atoms with Gasteiger partial charge >= 0.3 is 11.9 Å². The molecule has 0 aromatic heterocycles. The second-order valence-corrected chi connectivity index (χ2v) is 4.04. The minimum absolute atomic E-state index is 0.790. The van der Waals surface area contributed by atoms with E-state index in [1.54, 1.807) is 0 Å². The molecule has 0 saturated carbocycles.